The summed E-state index contributed by atoms with van der Waals surface area (Å²) in [5.74, 6) is 1.55. The molecular formula is C13H15N5O2. The molecule has 0 aliphatic carbocycles. The molecule has 2 aromatic rings. The maximum Gasteiger partial charge on any atom is 0.255 e. The lowest BCUT2D eigenvalue weighted by atomic mass is 10.2. The van der Waals surface area contributed by atoms with Crippen LogP contribution in [0.5, 0.6) is 5.75 Å². The van der Waals surface area contributed by atoms with E-state index in [1.807, 2.05) is 0 Å². The number of rotatable bonds is 3. The van der Waals surface area contributed by atoms with Gasteiger partial charge in [-0.2, -0.15) is 0 Å². The van der Waals surface area contributed by atoms with Gasteiger partial charge in [-0.05, 0) is 12.5 Å². The van der Waals surface area contributed by atoms with E-state index in [1.54, 1.807) is 11.9 Å². The zero-order valence-electron chi connectivity index (χ0n) is 11.2. The predicted molar refractivity (Wildman–Crippen MR) is 70.0 cm³/mol. The zero-order valence-corrected chi connectivity index (χ0v) is 11.2. The van der Waals surface area contributed by atoms with Crippen LogP contribution in [0.2, 0.25) is 0 Å². The molecule has 0 aromatic carbocycles. The number of aromatic hydroxyl groups is 1. The first-order valence-corrected chi connectivity index (χ1v) is 6.45. The minimum absolute atomic E-state index is 0.0207. The van der Waals surface area contributed by atoms with Gasteiger partial charge in [-0.15, -0.1) is 10.2 Å². The van der Waals surface area contributed by atoms with Crippen LogP contribution in [-0.2, 0) is 19.5 Å². The summed E-state index contributed by atoms with van der Waals surface area (Å²) in [4.78, 5) is 17.6. The van der Waals surface area contributed by atoms with Gasteiger partial charge in [0.25, 0.3) is 5.91 Å². The van der Waals surface area contributed by atoms with E-state index >= 15 is 0 Å². The Balaban J connectivity index is 1.76. The predicted octanol–water partition coefficient (Wildman–Crippen LogP) is 0.597. The molecule has 0 spiro atoms. The van der Waals surface area contributed by atoms with Gasteiger partial charge in [0.05, 0.1) is 18.3 Å². The average molecular weight is 273 g/mol. The molecule has 3 heterocycles. The maximum atomic E-state index is 12.2. The molecule has 0 bridgehead atoms. The molecule has 1 N–H and O–H groups in total. The second-order valence-corrected chi connectivity index (χ2v) is 4.88. The minimum atomic E-state index is -0.205. The fourth-order valence-corrected chi connectivity index (χ4v) is 2.38. The first kappa shape index (κ1) is 12.6. The Labute approximate surface area is 115 Å². The Morgan fingerprint density at radius 1 is 1.45 bits per heavy atom. The summed E-state index contributed by atoms with van der Waals surface area (Å²) < 4.78 is 2.06. The van der Waals surface area contributed by atoms with E-state index < -0.39 is 0 Å². The first-order valence-electron chi connectivity index (χ1n) is 6.45. The van der Waals surface area contributed by atoms with Crippen molar-refractivity contribution in [3.63, 3.8) is 0 Å². The van der Waals surface area contributed by atoms with Crippen LogP contribution in [0.3, 0.4) is 0 Å². The van der Waals surface area contributed by atoms with Crippen LogP contribution in [0.4, 0.5) is 0 Å². The molecular weight excluding hydrogens is 258 g/mol. The minimum Gasteiger partial charge on any atom is -0.506 e. The Kier molecular flexibility index (Phi) is 3.09. The van der Waals surface area contributed by atoms with Crippen molar-refractivity contribution in [3.8, 4) is 5.75 Å². The van der Waals surface area contributed by atoms with E-state index in [0.29, 0.717) is 12.1 Å². The molecule has 20 heavy (non-hydrogen) atoms. The summed E-state index contributed by atoms with van der Waals surface area (Å²) in [7, 11) is 1.70. The number of carbonyl (C=O) groups is 1. The summed E-state index contributed by atoms with van der Waals surface area (Å²) in [6.45, 7) is 1.30. The lowest BCUT2D eigenvalue weighted by molar-refractivity contribution is 0.0779. The number of aryl methyl sites for hydroxylation is 1. The number of fused-ring (bicyclic) bond motifs is 1. The summed E-state index contributed by atoms with van der Waals surface area (Å²) in [6, 6.07) is 1.40. The number of aromatic nitrogens is 4. The molecule has 1 aliphatic rings. The van der Waals surface area contributed by atoms with Gasteiger partial charge in [-0.3, -0.25) is 9.78 Å². The standard InChI is InChI=1S/C13H15N5O2/c1-17(13(20)9-5-10(19)7-14-6-9)8-12-16-15-11-3-2-4-18(11)12/h5-7,19H,2-4,8H2,1H3. The average Bonchev–Trinajstić information content (AvgIpc) is 3.03. The van der Waals surface area contributed by atoms with Crippen LogP contribution in [0, 0.1) is 0 Å². The first-order chi connectivity index (χ1) is 9.65. The van der Waals surface area contributed by atoms with Crippen LogP contribution >= 0.6 is 0 Å². The summed E-state index contributed by atoms with van der Waals surface area (Å²) in [5.41, 5.74) is 0.355. The van der Waals surface area contributed by atoms with Gasteiger partial charge in [-0.25, -0.2) is 0 Å². The molecule has 7 heteroatoms. The second-order valence-electron chi connectivity index (χ2n) is 4.88. The molecule has 0 atom stereocenters. The Bertz CT molecular complexity index is 652. The van der Waals surface area contributed by atoms with Crippen LogP contribution in [0.25, 0.3) is 0 Å². The van der Waals surface area contributed by atoms with Crippen LogP contribution in [0.1, 0.15) is 28.4 Å². The third kappa shape index (κ3) is 2.22. The molecule has 3 rings (SSSR count). The van der Waals surface area contributed by atoms with E-state index in [9.17, 15) is 9.90 Å². The monoisotopic (exact) mass is 273 g/mol. The van der Waals surface area contributed by atoms with Crippen molar-refractivity contribution in [1.29, 1.82) is 0 Å². The third-order valence-corrected chi connectivity index (χ3v) is 3.38. The van der Waals surface area contributed by atoms with Crippen LogP contribution < -0.4 is 0 Å². The highest BCUT2D eigenvalue weighted by Gasteiger charge is 2.20. The van der Waals surface area contributed by atoms with E-state index in [2.05, 4.69) is 19.7 Å². The van der Waals surface area contributed by atoms with E-state index in [-0.39, 0.29) is 11.7 Å². The van der Waals surface area contributed by atoms with Gasteiger partial charge in [0.1, 0.15) is 11.6 Å². The van der Waals surface area contributed by atoms with Gasteiger partial charge in [-0.1, -0.05) is 0 Å². The van der Waals surface area contributed by atoms with Crippen molar-refractivity contribution >= 4 is 5.91 Å². The SMILES string of the molecule is CN(Cc1nnc2n1CCC2)C(=O)c1cncc(O)c1. The second kappa shape index (κ2) is 4.92. The van der Waals surface area contributed by atoms with Crippen molar-refractivity contribution < 1.29 is 9.90 Å². The molecule has 0 saturated carbocycles. The molecule has 104 valence electrons. The highest BCUT2D eigenvalue weighted by atomic mass is 16.3. The summed E-state index contributed by atoms with van der Waals surface area (Å²) in [5, 5.41) is 17.6. The topological polar surface area (TPSA) is 84.1 Å². The zero-order chi connectivity index (χ0) is 14.1. The normalized spacial score (nSPS) is 13.2. The quantitative estimate of drug-likeness (QED) is 0.885. The third-order valence-electron chi connectivity index (χ3n) is 3.38. The van der Waals surface area contributed by atoms with Crippen molar-refractivity contribution in [3.05, 3.63) is 35.7 Å². The highest BCUT2D eigenvalue weighted by Crippen LogP contribution is 2.16. The van der Waals surface area contributed by atoms with Gasteiger partial charge < -0.3 is 14.6 Å². The Morgan fingerprint density at radius 3 is 3.10 bits per heavy atom. The molecule has 7 nitrogen and oxygen atoms in total. The van der Waals surface area contributed by atoms with Crippen molar-refractivity contribution in [2.24, 2.45) is 0 Å². The van der Waals surface area contributed by atoms with Crippen molar-refractivity contribution in [2.45, 2.75) is 25.9 Å². The molecule has 1 aliphatic heterocycles. The van der Waals surface area contributed by atoms with Gasteiger partial charge in [0, 0.05) is 26.2 Å². The summed E-state index contributed by atoms with van der Waals surface area (Å²) >= 11 is 0. The van der Waals surface area contributed by atoms with Crippen LogP contribution in [0.15, 0.2) is 18.5 Å². The summed E-state index contributed by atoms with van der Waals surface area (Å²) in [6.07, 6.45) is 4.75. The number of pyridine rings is 1. The molecule has 0 radical (unpaired) electrons. The molecule has 2 aromatic heterocycles. The number of carbonyl (C=O) groups excluding carboxylic acids is 1. The fraction of sp³-hybridized carbons (Fsp3) is 0.385. The lowest BCUT2D eigenvalue weighted by Gasteiger charge is -2.16. The Morgan fingerprint density at radius 2 is 2.30 bits per heavy atom. The number of hydrogen-bond donors (Lipinski definition) is 1. The lowest BCUT2D eigenvalue weighted by Crippen LogP contribution is -2.27. The largest absolute Gasteiger partial charge is 0.506 e. The van der Waals surface area contributed by atoms with Crippen molar-refractivity contribution in [2.75, 3.05) is 7.05 Å². The van der Waals surface area contributed by atoms with Crippen LogP contribution in [-0.4, -0.2) is 42.7 Å². The van der Waals surface area contributed by atoms with E-state index in [4.69, 9.17) is 0 Å². The highest BCUT2D eigenvalue weighted by molar-refractivity contribution is 5.94. The van der Waals surface area contributed by atoms with E-state index in [1.165, 1.54) is 18.5 Å². The molecule has 0 fully saturated rings. The fourth-order valence-electron chi connectivity index (χ4n) is 2.38. The molecule has 0 saturated heterocycles. The van der Waals surface area contributed by atoms with Gasteiger partial charge in [0.2, 0.25) is 0 Å². The van der Waals surface area contributed by atoms with Gasteiger partial charge >= 0.3 is 0 Å². The molecule has 0 unspecified atom stereocenters. The smallest absolute Gasteiger partial charge is 0.255 e. The number of amides is 1. The van der Waals surface area contributed by atoms with E-state index in [0.717, 1.165) is 31.0 Å². The van der Waals surface area contributed by atoms with Gasteiger partial charge in [0.15, 0.2) is 5.82 Å². The Hall–Kier alpha value is -2.44. The molecule has 1 amide bonds. The number of nitrogens with zero attached hydrogens (tertiary/aromatic N) is 5. The maximum absolute atomic E-state index is 12.2. The number of hydrogen-bond acceptors (Lipinski definition) is 5. The van der Waals surface area contributed by atoms with Crippen molar-refractivity contribution in [1.82, 2.24) is 24.6 Å².